The zero-order valence-corrected chi connectivity index (χ0v) is 17.3. The Morgan fingerprint density at radius 1 is 1.11 bits per heavy atom. The van der Waals surface area contributed by atoms with Crippen molar-refractivity contribution in [3.8, 4) is 0 Å². The molecule has 0 amide bonds. The molecule has 3 rings (SSSR count). The molecule has 7 nitrogen and oxygen atoms in total. The number of piperazine rings is 1. The predicted molar refractivity (Wildman–Crippen MR) is 107 cm³/mol. The van der Waals surface area contributed by atoms with Gasteiger partial charge in [-0.05, 0) is 40.0 Å². The van der Waals surface area contributed by atoms with E-state index in [2.05, 4.69) is 46.6 Å². The number of nitrogens with one attached hydrogen (secondary N) is 1. The van der Waals surface area contributed by atoms with Gasteiger partial charge < -0.3 is 4.90 Å². The minimum Gasteiger partial charge on any atom is -0.368 e. The molecule has 1 aromatic carbocycles. The van der Waals surface area contributed by atoms with Crippen LogP contribution in [0.2, 0.25) is 0 Å². The number of hydrogen-bond acceptors (Lipinski definition) is 5. The second-order valence-electron chi connectivity index (χ2n) is 7.90. The molecule has 1 fully saturated rings. The fraction of sp³-hybridized carbons (Fsp3) is 0.526. The molecule has 1 aliphatic rings. The molecule has 0 atom stereocenters. The van der Waals surface area contributed by atoms with Crippen LogP contribution in [0.1, 0.15) is 26.3 Å². The van der Waals surface area contributed by atoms with Gasteiger partial charge in [-0.2, -0.15) is 5.10 Å². The van der Waals surface area contributed by atoms with Crippen LogP contribution in [0, 0.1) is 0 Å². The van der Waals surface area contributed by atoms with Gasteiger partial charge in [0.25, 0.3) is 0 Å². The van der Waals surface area contributed by atoms with Crippen molar-refractivity contribution in [1.29, 1.82) is 0 Å². The van der Waals surface area contributed by atoms with Gasteiger partial charge in [0.05, 0.1) is 17.4 Å². The number of para-hydroxylation sites is 1. The van der Waals surface area contributed by atoms with E-state index in [-0.39, 0.29) is 5.54 Å². The van der Waals surface area contributed by atoms with E-state index in [4.69, 9.17) is 0 Å². The summed E-state index contributed by atoms with van der Waals surface area (Å²) < 4.78 is 29.0. The van der Waals surface area contributed by atoms with E-state index in [0.717, 1.165) is 38.4 Å². The molecule has 1 aliphatic heterocycles. The van der Waals surface area contributed by atoms with Crippen molar-refractivity contribution in [3.05, 3.63) is 42.2 Å². The van der Waals surface area contributed by atoms with Gasteiger partial charge >= 0.3 is 0 Å². The number of hydrogen-bond donors (Lipinski definition) is 1. The van der Waals surface area contributed by atoms with Crippen molar-refractivity contribution in [1.82, 2.24) is 19.4 Å². The number of sulfonamides is 1. The molecule has 148 valence electrons. The summed E-state index contributed by atoms with van der Waals surface area (Å²) in [5.41, 5.74) is 1.96. The summed E-state index contributed by atoms with van der Waals surface area (Å²) in [5.74, 6) is 0. The third-order valence-electron chi connectivity index (χ3n) is 4.87. The summed E-state index contributed by atoms with van der Waals surface area (Å²) in [5, 5.41) is 4.47. The largest absolute Gasteiger partial charge is 0.368 e. The summed E-state index contributed by atoms with van der Waals surface area (Å²) in [4.78, 5) is 4.88. The first-order valence-corrected chi connectivity index (χ1v) is 10.7. The highest BCUT2D eigenvalue weighted by Crippen LogP contribution is 2.26. The molecule has 0 radical (unpaired) electrons. The highest BCUT2D eigenvalue weighted by molar-refractivity contribution is 7.89. The lowest BCUT2D eigenvalue weighted by atomic mass is 10.1. The summed E-state index contributed by atoms with van der Waals surface area (Å²) in [6.45, 7) is 10.6. The van der Waals surface area contributed by atoms with Crippen LogP contribution in [-0.2, 0) is 22.1 Å². The Labute approximate surface area is 162 Å². The van der Waals surface area contributed by atoms with Crippen LogP contribution in [0.3, 0.4) is 0 Å². The Balaban J connectivity index is 1.66. The lowest BCUT2D eigenvalue weighted by Gasteiger charge is -2.36. The highest BCUT2D eigenvalue weighted by Gasteiger charge is 2.24. The third kappa shape index (κ3) is 4.51. The van der Waals surface area contributed by atoms with E-state index < -0.39 is 10.0 Å². The van der Waals surface area contributed by atoms with Crippen LogP contribution < -0.4 is 9.62 Å². The number of benzene rings is 1. The van der Waals surface area contributed by atoms with Crippen LogP contribution in [0.5, 0.6) is 0 Å². The molecule has 1 N–H and O–H groups in total. The Hall–Kier alpha value is -1.90. The molecule has 1 aromatic heterocycles. The SMILES string of the molecule is CNS(=O)(=O)c1ccccc1N1CCN(Cc2cnn(C(C)(C)C)c2)CC1. The molecule has 27 heavy (non-hydrogen) atoms. The molecule has 1 saturated heterocycles. The lowest BCUT2D eigenvalue weighted by Crippen LogP contribution is -2.46. The standard InChI is InChI=1S/C19H29N5O2S/c1-19(2,3)24-15-16(13-21-24)14-22-9-11-23(12-10-22)17-7-5-6-8-18(17)27(25,26)20-4/h5-8,13,15,20H,9-12,14H2,1-4H3. The third-order valence-corrected chi connectivity index (χ3v) is 6.33. The zero-order valence-electron chi connectivity index (χ0n) is 16.5. The molecule has 0 bridgehead atoms. The molecule has 2 heterocycles. The van der Waals surface area contributed by atoms with Crippen molar-refractivity contribution in [3.63, 3.8) is 0 Å². The van der Waals surface area contributed by atoms with Gasteiger partial charge in [0.15, 0.2) is 0 Å². The summed E-state index contributed by atoms with van der Waals surface area (Å²) in [6, 6.07) is 7.19. The van der Waals surface area contributed by atoms with Gasteiger partial charge in [0.2, 0.25) is 10.0 Å². The van der Waals surface area contributed by atoms with Crippen LogP contribution in [0.4, 0.5) is 5.69 Å². The number of anilines is 1. The van der Waals surface area contributed by atoms with Gasteiger partial charge in [-0.15, -0.1) is 0 Å². The van der Waals surface area contributed by atoms with E-state index in [1.165, 1.54) is 12.6 Å². The van der Waals surface area contributed by atoms with Gasteiger partial charge in [0, 0.05) is 44.5 Å². The summed E-state index contributed by atoms with van der Waals surface area (Å²) >= 11 is 0. The average molecular weight is 392 g/mol. The first-order chi connectivity index (χ1) is 12.7. The van der Waals surface area contributed by atoms with Crippen LogP contribution >= 0.6 is 0 Å². The average Bonchev–Trinajstić information content (AvgIpc) is 3.11. The van der Waals surface area contributed by atoms with Gasteiger partial charge in [-0.1, -0.05) is 12.1 Å². The molecular formula is C19H29N5O2S. The van der Waals surface area contributed by atoms with E-state index in [0.29, 0.717) is 4.90 Å². The van der Waals surface area contributed by atoms with Gasteiger partial charge in [-0.3, -0.25) is 9.58 Å². The van der Waals surface area contributed by atoms with Crippen LogP contribution in [0.25, 0.3) is 0 Å². The second kappa shape index (κ2) is 7.61. The highest BCUT2D eigenvalue weighted by atomic mass is 32.2. The maximum Gasteiger partial charge on any atom is 0.242 e. The molecule has 0 saturated carbocycles. The van der Waals surface area contributed by atoms with Crippen molar-refractivity contribution in [2.75, 3.05) is 38.1 Å². The maximum absolute atomic E-state index is 12.3. The van der Waals surface area contributed by atoms with Crippen molar-refractivity contribution in [2.24, 2.45) is 0 Å². The Morgan fingerprint density at radius 3 is 2.37 bits per heavy atom. The van der Waals surface area contributed by atoms with Gasteiger partial charge in [0.1, 0.15) is 4.90 Å². The Bertz CT molecular complexity index is 878. The summed E-state index contributed by atoms with van der Waals surface area (Å²) in [7, 11) is -2.02. The van der Waals surface area contributed by atoms with Crippen LogP contribution in [0.15, 0.2) is 41.6 Å². The normalized spacial score (nSPS) is 16.7. The maximum atomic E-state index is 12.3. The molecule has 0 spiro atoms. The van der Waals surface area contributed by atoms with Crippen LogP contribution in [-0.4, -0.2) is 56.3 Å². The van der Waals surface area contributed by atoms with E-state index in [1.807, 2.05) is 23.0 Å². The molecule has 8 heteroatoms. The van der Waals surface area contributed by atoms with Crippen molar-refractivity contribution < 1.29 is 8.42 Å². The smallest absolute Gasteiger partial charge is 0.242 e. The zero-order chi connectivity index (χ0) is 19.7. The first-order valence-electron chi connectivity index (χ1n) is 9.24. The van der Waals surface area contributed by atoms with E-state index in [1.54, 1.807) is 12.1 Å². The summed E-state index contributed by atoms with van der Waals surface area (Å²) in [6.07, 6.45) is 4.05. The van der Waals surface area contributed by atoms with Crippen molar-refractivity contribution in [2.45, 2.75) is 37.8 Å². The lowest BCUT2D eigenvalue weighted by molar-refractivity contribution is 0.249. The molecule has 0 aliphatic carbocycles. The molecule has 0 unspecified atom stereocenters. The number of nitrogens with zero attached hydrogens (tertiary/aromatic N) is 4. The Morgan fingerprint density at radius 2 is 1.78 bits per heavy atom. The minimum atomic E-state index is -3.47. The minimum absolute atomic E-state index is 0.0144. The van der Waals surface area contributed by atoms with E-state index >= 15 is 0 Å². The fourth-order valence-corrected chi connectivity index (χ4v) is 4.22. The monoisotopic (exact) mass is 391 g/mol. The van der Waals surface area contributed by atoms with Gasteiger partial charge in [-0.25, -0.2) is 13.1 Å². The topological polar surface area (TPSA) is 70.5 Å². The second-order valence-corrected chi connectivity index (χ2v) is 9.76. The number of aromatic nitrogens is 2. The number of rotatable bonds is 5. The van der Waals surface area contributed by atoms with E-state index in [9.17, 15) is 8.42 Å². The quantitative estimate of drug-likeness (QED) is 0.843. The first kappa shape index (κ1) is 19.9. The Kier molecular flexibility index (Phi) is 5.60. The predicted octanol–water partition coefficient (Wildman–Crippen LogP) is 1.87. The fourth-order valence-electron chi connectivity index (χ4n) is 3.27. The van der Waals surface area contributed by atoms with Crippen molar-refractivity contribution >= 4 is 15.7 Å². The molecule has 2 aromatic rings. The molecular weight excluding hydrogens is 362 g/mol.